The molecule has 6 heteroatoms. The van der Waals surface area contributed by atoms with E-state index in [4.69, 9.17) is 9.84 Å². The van der Waals surface area contributed by atoms with Crippen molar-refractivity contribution in [3.8, 4) is 0 Å². The Hall–Kier alpha value is -0.620. The monoisotopic (exact) mass is 236 g/mol. The minimum Gasteiger partial charge on any atom is -0.481 e. The molecule has 88 valence electrons. The van der Waals surface area contributed by atoms with Crippen LogP contribution >= 0.6 is 0 Å². The largest absolute Gasteiger partial charge is 0.481 e. The standard InChI is InChI=1S/C9H16O5S/c1-7(6-9(10)11)15(12,13)8-2-4-14-5-3-8/h7-8H,2-6H2,1H3,(H,10,11). The number of carboxylic acid groups (broad SMARTS) is 1. The summed E-state index contributed by atoms with van der Waals surface area (Å²) >= 11 is 0. The number of carbonyl (C=O) groups is 1. The molecule has 0 spiro atoms. The van der Waals surface area contributed by atoms with Crippen LogP contribution in [0.25, 0.3) is 0 Å². The van der Waals surface area contributed by atoms with E-state index >= 15 is 0 Å². The van der Waals surface area contributed by atoms with Gasteiger partial charge in [0.25, 0.3) is 0 Å². The zero-order valence-corrected chi connectivity index (χ0v) is 9.50. The molecule has 1 aliphatic heterocycles. The summed E-state index contributed by atoms with van der Waals surface area (Å²) in [5.74, 6) is -1.07. The van der Waals surface area contributed by atoms with Crippen molar-refractivity contribution in [1.82, 2.24) is 0 Å². The van der Waals surface area contributed by atoms with E-state index < -0.39 is 26.3 Å². The van der Waals surface area contributed by atoms with Gasteiger partial charge in [0.15, 0.2) is 9.84 Å². The van der Waals surface area contributed by atoms with E-state index in [-0.39, 0.29) is 6.42 Å². The molecule has 1 fully saturated rings. The van der Waals surface area contributed by atoms with Crippen LogP contribution in [0.1, 0.15) is 26.2 Å². The molecule has 1 unspecified atom stereocenters. The molecule has 5 nitrogen and oxygen atoms in total. The SMILES string of the molecule is CC(CC(=O)O)S(=O)(=O)C1CCOCC1. The summed E-state index contributed by atoms with van der Waals surface area (Å²) in [7, 11) is -3.32. The molecule has 1 atom stereocenters. The third-order valence-electron chi connectivity index (χ3n) is 2.66. The summed E-state index contributed by atoms with van der Waals surface area (Å²) in [6, 6.07) is 0. The molecule has 15 heavy (non-hydrogen) atoms. The minimum atomic E-state index is -3.32. The molecule has 0 aromatic rings. The first-order valence-corrected chi connectivity index (χ1v) is 6.57. The van der Waals surface area contributed by atoms with Gasteiger partial charge in [-0.25, -0.2) is 8.42 Å². The second-order valence-corrected chi connectivity index (χ2v) is 6.46. The third kappa shape index (κ3) is 3.17. The van der Waals surface area contributed by atoms with Crippen LogP contribution in [-0.4, -0.2) is 43.2 Å². The van der Waals surface area contributed by atoms with Crippen LogP contribution in [0, 0.1) is 0 Å². The summed E-state index contributed by atoms with van der Waals surface area (Å²) < 4.78 is 28.9. The predicted octanol–water partition coefficient (Wildman–Crippen LogP) is 0.443. The zero-order chi connectivity index (χ0) is 11.5. The van der Waals surface area contributed by atoms with Gasteiger partial charge in [-0.2, -0.15) is 0 Å². The summed E-state index contributed by atoms with van der Waals surface area (Å²) in [5, 5.41) is 7.32. The molecule has 0 aliphatic carbocycles. The van der Waals surface area contributed by atoms with Crippen LogP contribution in [0.2, 0.25) is 0 Å². The number of sulfone groups is 1. The van der Waals surface area contributed by atoms with E-state index in [1.807, 2.05) is 0 Å². The lowest BCUT2D eigenvalue weighted by Gasteiger charge is -2.24. The quantitative estimate of drug-likeness (QED) is 0.766. The first kappa shape index (κ1) is 12.4. The molecule has 0 aromatic heterocycles. The second-order valence-electron chi connectivity index (χ2n) is 3.81. The Morgan fingerprint density at radius 3 is 2.47 bits per heavy atom. The maximum absolute atomic E-state index is 11.9. The average molecular weight is 236 g/mol. The van der Waals surface area contributed by atoms with Crippen LogP contribution in [0.4, 0.5) is 0 Å². The number of aliphatic carboxylic acids is 1. The van der Waals surface area contributed by atoms with E-state index in [9.17, 15) is 13.2 Å². The lowest BCUT2D eigenvalue weighted by Crippen LogP contribution is -2.35. The summed E-state index contributed by atoms with van der Waals surface area (Å²) in [4.78, 5) is 10.5. The van der Waals surface area contributed by atoms with Gasteiger partial charge in [0.2, 0.25) is 0 Å². The second kappa shape index (κ2) is 4.94. The molecule has 1 saturated heterocycles. The topological polar surface area (TPSA) is 80.7 Å². The Morgan fingerprint density at radius 1 is 1.47 bits per heavy atom. The Morgan fingerprint density at radius 2 is 2.00 bits per heavy atom. The van der Waals surface area contributed by atoms with Crippen LogP contribution in [0.3, 0.4) is 0 Å². The van der Waals surface area contributed by atoms with Crippen LogP contribution in [0.5, 0.6) is 0 Å². The Bertz CT molecular complexity index is 315. The lowest BCUT2D eigenvalue weighted by molar-refractivity contribution is -0.136. The molecule has 0 radical (unpaired) electrons. The van der Waals surface area contributed by atoms with Crippen LogP contribution < -0.4 is 0 Å². The molecule has 0 amide bonds. The van der Waals surface area contributed by atoms with Gasteiger partial charge in [-0.05, 0) is 19.8 Å². The highest BCUT2D eigenvalue weighted by molar-refractivity contribution is 7.92. The first-order chi connectivity index (χ1) is 6.94. The van der Waals surface area contributed by atoms with E-state index in [0.29, 0.717) is 26.1 Å². The van der Waals surface area contributed by atoms with E-state index in [1.54, 1.807) is 0 Å². The number of hydrogen-bond acceptors (Lipinski definition) is 4. The van der Waals surface area contributed by atoms with Crippen molar-refractivity contribution in [3.05, 3.63) is 0 Å². The third-order valence-corrected chi connectivity index (χ3v) is 5.34. The highest BCUT2D eigenvalue weighted by Crippen LogP contribution is 2.21. The van der Waals surface area contributed by atoms with Crippen molar-refractivity contribution >= 4 is 15.8 Å². The molecule has 1 heterocycles. The van der Waals surface area contributed by atoms with Gasteiger partial charge in [0, 0.05) is 13.2 Å². The van der Waals surface area contributed by atoms with Gasteiger partial charge in [0.1, 0.15) is 0 Å². The molecule has 1 N–H and O–H groups in total. The van der Waals surface area contributed by atoms with Crippen molar-refractivity contribution in [2.75, 3.05) is 13.2 Å². The van der Waals surface area contributed by atoms with E-state index in [2.05, 4.69) is 0 Å². The van der Waals surface area contributed by atoms with Gasteiger partial charge in [-0.3, -0.25) is 4.79 Å². The maximum Gasteiger partial charge on any atom is 0.304 e. The van der Waals surface area contributed by atoms with Gasteiger partial charge >= 0.3 is 5.97 Å². The van der Waals surface area contributed by atoms with Gasteiger partial charge in [-0.15, -0.1) is 0 Å². The summed E-state index contributed by atoms with van der Waals surface area (Å²) in [6.45, 7) is 2.35. The molecular weight excluding hydrogens is 220 g/mol. The van der Waals surface area contributed by atoms with Crippen LogP contribution in [0.15, 0.2) is 0 Å². The lowest BCUT2D eigenvalue weighted by atomic mass is 10.2. The number of ether oxygens (including phenoxy) is 1. The zero-order valence-electron chi connectivity index (χ0n) is 8.68. The van der Waals surface area contributed by atoms with Crippen molar-refractivity contribution in [2.24, 2.45) is 0 Å². The predicted molar refractivity (Wildman–Crippen MR) is 54.5 cm³/mol. The fraction of sp³-hybridized carbons (Fsp3) is 0.889. The van der Waals surface area contributed by atoms with Crippen molar-refractivity contribution < 1.29 is 23.1 Å². The van der Waals surface area contributed by atoms with Gasteiger partial charge in [0.05, 0.1) is 16.9 Å². The summed E-state index contributed by atoms with van der Waals surface area (Å²) in [5.41, 5.74) is 0. The Kier molecular flexibility index (Phi) is 4.10. The first-order valence-electron chi connectivity index (χ1n) is 4.97. The van der Waals surface area contributed by atoms with Crippen molar-refractivity contribution in [3.63, 3.8) is 0 Å². The van der Waals surface area contributed by atoms with Gasteiger partial charge < -0.3 is 9.84 Å². The fourth-order valence-electron chi connectivity index (χ4n) is 1.70. The molecule has 1 aliphatic rings. The highest BCUT2D eigenvalue weighted by atomic mass is 32.2. The molecule has 0 bridgehead atoms. The fourth-order valence-corrected chi connectivity index (χ4v) is 3.58. The van der Waals surface area contributed by atoms with Crippen molar-refractivity contribution in [2.45, 2.75) is 36.7 Å². The molecular formula is C9H16O5S. The highest BCUT2D eigenvalue weighted by Gasteiger charge is 2.33. The maximum atomic E-state index is 11.9. The van der Waals surface area contributed by atoms with Crippen molar-refractivity contribution in [1.29, 1.82) is 0 Å². The summed E-state index contributed by atoms with van der Waals surface area (Å²) in [6.07, 6.45) is 0.637. The molecule has 0 saturated carbocycles. The molecule has 1 rings (SSSR count). The smallest absolute Gasteiger partial charge is 0.304 e. The molecule has 0 aromatic carbocycles. The number of rotatable bonds is 4. The van der Waals surface area contributed by atoms with E-state index in [0.717, 1.165) is 0 Å². The van der Waals surface area contributed by atoms with Gasteiger partial charge in [-0.1, -0.05) is 0 Å². The number of carboxylic acids is 1. The minimum absolute atomic E-state index is 0.320. The Balaban J connectivity index is 2.67. The normalized spacial score (nSPS) is 21.1. The number of hydrogen-bond donors (Lipinski definition) is 1. The Labute approximate surface area is 89.3 Å². The van der Waals surface area contributed by atoms with E-state index in [1.165, 1.54) is 6.92 Å². The average Bonchev–Trinajstić information content (AvgIpc) is 2.18. The van der Waals surface area contributed by atoms with Crippen LogP contribution in [-0.2, 0) is 19.4 Å².